The number of fused-ring (bicyclic) bond motifs is 6. The van der Waals surface area contributed by atoms with Gasteiger partial charge in [0.2, 0.25) is 0 Å². The topological polar surface area (TPSA) is 38.9 Å². The first-order valence-electron chi connectivity index (χ1n) is 23.2. The van der Waals surface area contributed by atoms with E-state index in [2.05, 4.69) is 224 Å². The summed E-state index contributed by atoms with van der Waals surface area (Å²) in [7, 11) is 0. The van der Waals surface area contributed by atoms with Crippen molar-refractivity contribution in [1.82, 2.24) is 9.97 Å². The Bertz CT molecular complexity index is 3800. The van der Waals surface area contributed by atoms with E-state index in [1.807, 2.05) is 30.3 Å². The second kappa shape index (κ2) is 16.2. The summed E-state index contributed by atoms with van der Waals surface area (Å²) in [5, 5.41) is 2.22. The summed E-state index contributed by atoms with van der Waals surface area (Å²) in [6.45, 7) is 0. The summed E-state index contributed by atoms with van der Waals surface area (Å²) < 4.78 is 6.50. The van der Waals surface area contributed by atoms with Crippen LogP contribution in [0.2, 0.25) is 0 Å². The van der Waals surface area contributed by atoms with Crippen LogP contribution in [0.1, 0.15) is 22.3 Å². The molecule has 0 atom stereocenters. The molecule has 0 spiro atoms. The van der Waals surface area contributed by atoms with Crippen LogP contribution in [0.3, 0.4) is 0 Å². The Hall–Kier alpha value is -8.92. The normalized spacial score (nSPS) is 12.5. The highest BCUT2D eigenvalue weighted by Gasteiger charge is 2.46. The second-order valence-electron chi connectivity index (χ2n) is 17.6. The van der Waals surface area contributed by atoms with Crippen molar-refractivity contribution in [2.24, 2.45) is 0 Å². The van der Waals surface area contributed by atoms with Crippen molar-refractivity contribution in [1.29, 1.82) is 0 Å². The zero-order valence-electron chi connectivity index (χ0n) is 37.1. The third-order valence-electron chi connectivity index (χ3n) is 13.8. The Labute approximate surface area is 395 Å². The predicted molar refractivity (Wildman–Crippen MR) is 279 cm³/mol. The smallest absolute Gasteiger partial charge is 0.160 e. The number of hydrogen-bond acceptors (Lipinski definition) is 3. The van der Waals surface area contributed by atoms with Crippen LogP contribution in [0.4, 0.5) is 0 Å². The fourth-order valence-corrected chi connectivity index (χ4v) is 10.6. The largest absolute Gasteiger partial charge is 0.455 e. The van der Waals surface area contributed by atoms with Gasteiger partial charge in [0.05, 0.1) is 16.8 Å². The monoisotopic (exact) mass is 866 g/mol. The summed E-state index contributed by atoms with van der Waals surface area (Å²) in [4.78, 5) is 10.7. The fourth-order valence-electron chi connectivity index (χ4n) is 10.6. The third kappa shape index (κ3) is 6.51. The molecule has 12 aromatic rings. The number of nitrogens with zero attached hydrogens (tertiary/aromatic N) is 2. The number of rotatable bonds is 8. The number of aromatic nitrogens is 2. The van der Waals surface area contributed by atoms with Crippen molar-refractivity contribution < 1.29 is 4.42 Å². The summed E-state index contributed by atoms with van der Waals surface area (Å²) in [6.07, 6.45) is 0. The Morgan fingerprint density at radius 1 is 0.294 bits per heavy atom. The molecule has 2 heterocycles. The Morgan fingerprint density at radius 2 is 0.809 bits per heavy atom. The first-order valence-corrected chi connectivity index (χ1v) is 23.2. The molecule has 2 aromatic heterocycles. The van der Waals surface area contributed by atoms with Gasteiger partial charge >= 0.3 is 0 Å². The van der Waals surface area contributed by atoms with Crippen molar-refractivity contribution in [3.05, 3.63) is 277 Å². The molecule has 0 radical (unpaired) electrons. The van der Waals surface area contributed by atoms with Crippen LogP contribution in [0.15, 0.2) is 259 Å². The van der Waals surface area contributed by atoms with Gasteiger partial charge in [0.1, 0.15) is 11.2 Å². The molecule has 1 aliphatic carbocycles. The van der Waals surface area contributed by atoms with Crippen molar-refractivity contribution in [3.63, 3.8) is 0 Å². The van der Waals surface area contributed by atoms with Gasteiger partial charge in [-0.05, 0) is 104 Å². The molecule has 3 nitrogen and oxygen atoms in total. The summed E-state index contributed by atoms with van der Waals surface area (Å²) >= 11 is 0. The molecule has 0 saturated carbocycles. The van der Waals surface area contributed by atoms with Gasteiger partial charge in [-0.2, -0.15) is 0 Å². The van der Waals surface area contributed by atoms with E-state index in [9.17, 15) is 0 Å². The second-order valence-corrected chi connectivity index (χ2v) is 17.6. The first-order chi connectivity index (χ1) is 33.7. The minimum atomic E-state index is -0.513. The minimum Gasteiger partial charge on any atom is -0.455 e. The summed E-state index contributed by atoms with van der Waals surface area (Å²) in [6, 6.07) is 91.3. The van der Waals surface area contributed by atoms with E-state index in [1.165, 1.54) is 33.4 Å². The lowest BCUT2D eigenvalue weighted by Crippen LogP contribution is -2.28. The maximum atomic E-state index is 6.50. The molecule has 0 amide bonds. The van der Waals surface area contributed by atoms with Crippen LogP contribution >= 0.6 is 0 Å². The number of furan rings is 1. The molecule has 0 N–H and O–H groups in total. The molecule has 318 valence electrons. The molecule has 0 unspecified atom stereocenters. The molecule has 13 rings (SSSR count). The quantitative estimate of drug-likeness (QED) is 0.153. The van der Waals surface area contributed by atoms with Crippen molar-refractivity contribution in [2.75, 3.05) is 0 Å². The average molecular weight is 867 g/mol. The van der Waals surface area contributed by atoms with Crippen LogP contribution in [0.5, 0.6) is 0 Å². The molecule has 68 heavy (non-hydrogen) atoms. The zero-order valence-corrected chi connectivity index (χ0v) is 37.1. The zero-order chi connectivity index (χ0) is 45.0. The van der Waals surface area contributed by atoms with Crippen LogP contribution in [-0.4, -0.2) is 9.97 Å². The highest BCUT2D eigenvalue weighted by atomic mass is 16.3. The SMILES string of the molecule is c1ccc(-c2cc(-c3ccc4c(c3)C(c3ccccc3)(c3ccccc3)c3ccccc3-4)cc(-c3cc(-c4cccc(-c5cccc6c5oc5ccccc56)c4)nc(-c4ccccc4)n3)c2)cc1. The Balaban J connectivity index is 1.00. The Morgan fingerprint density at radius 3 is 1.56 bits per heavy atom. The van der Waals surface area contributed by atoms with Gasteiger partial charge in [0.15, 0.2) is 5.82 Å². The highest BCUT2D eigenvalue weighted by Crippen LogP contribution is 2.57. The Kier molecular flexibility index (Phi) is 9.40. The van der Waals surface area contributed by atoms with Gasteiger partial charge in [-0.15, -0.1) is 0 Å². The van der Waals surface area contributed by atoms with Crippen molar-refractivity contribution >= 4 is 21.9 Å². The molecule has 0 aliphatic heterocycles. The van der Waals surface area contributed by atoms with Gasteiger partial charge < -0.3 is 4.42 Å². The van der Waals surface area contributed by atoms with E-state index >= 15 is 0 Å². The van der Waals surface area contributed by atoms with E-state index in [0.717, 1.165) is 83.4 Å². The van der Waals surface area contributed by atoms with Crippen molar-refractivity contribution in [3.8, 4) is 78.4 Å². The fraction of sp³-hybridized carbons (Fsp3) is 0.0154. The van der Waals surface area contributed by atoms with Crippen LogP contribution in [0, 0.1) is 0 Å². The van der Waals surface area contributed by atoms with Crippen molar-refractivity contribution in [2.45, 2.75) is 5.41 Å². The maximum absolute atomic E-state index is 6.50. The van der Waals surface area contributed by atoms with E-state index in [-0.39, 0.29) is 0 Å². The molecule has 3 heteroatoms. The van der Waals surface area contributed by atoms with E-state index in [4.69, 9.17) is 14.4 Å². The number of hydrogen-bond donors (Lipinski definition) is 0. The first kappa shape index (κ1) is 39.4. The van der Waals surface area contributed by atoms with Crippen LogP contribution in [0.25, 0.3) is 100 Å². The molecule has 0 fully saturated rings. The lowest BCUT2D eigenvalue weighted by molar-refractivity contribution is 0.670. The predicted octanol–water partition coefficient (Wildman–Crippen LogP) is 16.7. The molecule has 0 saturated heterocycles. The molecular formula is C65H42N2O. The average Bonchev–Trinajstić information content (AvgIpc) is 3.95. The van der Waals surface area contributed by atoms with E-state index in [0.29, 0.717) is 5.82 Å². The van der Waals surface area contributed by atoms with Gasteiger partial charge in [-0.25, -0.2) is 9.97 Å². The molecule has 10 aromatic carbocycles. The van der Waals surface area contributed by atoms with Crippen LogP contribution in [-0.2, 0) is 5.41 Å². The highest BCUT2D eigenvalue weighted by molar-refractivity contribution is 6.09. The van der Waals surface area contributed by atoms with E-state index in [1.54, 1.807) is 0 Å². The van der Waals surface area contributed by atoms with Gasteiger partial charge in [-0.3, -0.25) is 0 Å². The van der Waals surface area contributed by atoms with Gasteiger partial charge in [0.25, 0.3) is 0 Å². The van der Waals surface area contributed by atoms with Gasteiger partial charge in [0, 0.05) is 33.0 Å². The molecule has 1 aliphatic rings. The number of benzene rings is 10. The van der Waals surface area contributed by atoms with Crippen LogP contribution < -0.4 is 0 Å². The van der Waals surface area contributed by atoms with Gasteiger partial charge in [-0.1, -0.05) is 212 Å². The molecular weight excluding hydrogens is 825 g/mol. The minimum absolute atomic E-state index is 0.513. The summed E-state index contributed by atoms with van der Waals surface area (Å²) in [5.41, 5.74) is 20.0. The maximum Gasteiger partial charge on any atom is 0.160 e. The summed E-state index contributed by atoms with van der Waals surface area (Å²) in [5.74, 6) is 0.667. The number of para-hydroxylation sites is 2. The lowest BCUT2D eigenvalue weighted by Gasteiger charge is -2.34. The standard InChI is InChI=1S/C65H42N2O/c1-5-19-43(20-6-1)48-38-49(45-35-36-55-54-29-13-15-33-58(54)65(59(55)41-45,51-25-9-3-10-26-51)52-27-11-4-12-28-52)40-50(39-48)61-42-60(66-64(67-61)44-21-7-2-8-22-44)47-24-17-23-46(37-47)53-31-18-32-57-56-30-14-16-34-62(56)68-63(53)57/h1-42H. The third-order valence-corrected chi connectivity index (χ3v) is 13.8. The molecule has 0 bridgehead atoms. The van der Waals surface area contributed by atoms with E-state index < -0.39 is 5.41 Å². The lowest BCUT2D eigenvalue weighted by atomic mass is 9.67.